The number of urea groups is 1. The first-order valence-electron chi connectivity index (χ1n) is 8.44. The quantitative estimate of drug-likeness (QED) is 0.466. The summed E-state index contributed by atoms with van der Waals surface area (Å²) in [6, 6.07) is 16.5. The van der Waals surface area contributed by atoms with E-state index in [1.165, 1.54) is 23.1 Å². The minimum absolute atomic E-state index is 0.0435. The number of para-hydroxylation sites is 1. The Labute approximate surface area is 171 Å². The Morgan fingerprint density at radius 2 is 1.75 bits per heavy atom. The van der Waals surface area contributed by atoms with Crippen LogP contribution < -0.4 is 15.5 Å². The Morgan fingerprint density at radius 1 is 1.04 bits per heavy atom. The highest BCUT2D eigenvalue weighted by atomic mass is 32.2. The normalized spacial score (nSPS) is 10.4. The van der Waals surface area contributed by atoms with Crippen molar-refractivity contribution < 1.29 is 9.59 Å². The van der Waals surface area contributed by atoms with Gasteiger partial charge in [0.05, 0.1) is 5.75 Å². The Kier molecular flexibility index (Phi) is 6.62. The molecule has 3 amide bonds. The molecule has 1 heterocycles. The largest absolute Gasteiger partial charge is 0.325 e. The summed E-state index contributed by atoms with van der Waals surface area (Å²) in [6.45, 7) is 1.98. The number of rotatable bonds is 6. The molecule has 0 aliphatic heterocycles. The average molecular weight is 414 g/mol. The van der Waals surface area contributed by atoms with Crippen molar-refractivity contribution in [1.29, 1.82) is 0 Å². The third-order valence-electron chi connectivity index (χ3n) is 3.77. The second-order valence-electron chi connectivity index (χ2n) is 5.90. The van der Waals surface area contributed by atoms with E-state index in [1.54, 1.807) is 11.9 Å². The number of hydrogen-bond donors (Lipinski definition) is 2. The monoisotopic (exact) mass is 413 g/mol. The summed E-state index contributed by atoms with van der Waals surface area (Å²) in [6.07, 6.45) is 0. The second kappa shape index (κ2) is 9.34. The summed E-state index contributed by atoms with van der Waals surface area (Å²) in [5.41, 5.74) is 2.64. The summed E-state index contributed by atoms with van der Waals surface area (Å²) < 4.78 is 0.612. The fourth-order valence-corrected chi connectivity index (χ4v) is 3.89. The van der Waals surface area contributed by atoms with Crippen LogP contribution in [0.2, 0.25) is 0 Å². The van der Waals surface area contributed by atoms with Crippen LogP contribution in [-0.2, 0) is 4.79 Å². The third-order valence-corrected chi connectivity index (χ3v) is 5.73. The van der Waals surface area contributed by atoms with Crippen molar-refractivity contribution in [1.82, 2.24) is 10.2 Å². The molecule has 0 atom stereocenters. The van der Waals surface area contributed by atoms with Crippen LogP contribution in [0.25, 0.3) is 0 Å². The topological polar surface area (TPSA) is 87.2 Å². The van der Waals surface area contributed by atoms with Gasteiger partial charge in [0.25, 0.3) is 0 Å². The lowest BCUT2D eigenvalue weighted by Gasteiger charge is -2.16. The Bertz CT molecular complexity index is 944. The van der Waals surface area contributed by atoms with Crippen LogP contribution in [0.15, 0.2) is 58.9 Å². The van der Waals surface area contributed by atoms with Crippen molar-refractivity contribution in [3.63, 3.8) is 0 Å². The van der Waals surface area contributed by atoms with Gasteiger partial charge in [0.15, 0.2) is 4.34 Å². The maximum absolute atomic E-state index is 12.3. The van der Waals surface area contributed by atoms with Crippen LogP contribution in [0.4, 0.5) is 21.3 Å². The lowest BCUT2D eigenvalue weighted by molar-refractivity contribution is -0.115. The fourth-order valence-electron chi connectivity index (χ4n) is 2.23. The van der Waals surface area contributed by atoms with Gasteiger partial charge in [0, 0.05) is 18.4 Å². The van der Waals surface area contributed by atoms with E-state index in [0.29, 0.717) is 15.2 Å². The molecule has 0 aliphatic rings. The van der Waals surface area contributed by atoms with E-state index in [4.69, 9.17) is 0 Å². The average Bonchev–Trinajstić information content (AvgIpc) is 3.15. The molecule has 3 aromatic rings. The zero-order valence-corrected chi connectivity index (χ0v) is 17.0. The number of thioether (sulfide) groups is 1. The lowest BCUT2D eigenvalue weighted by atomic mass is 10.2. The summed E-state index contributed by atoms with van der Waals surface area (Å²) in [5, 5.41) is 13.7. The van der Waals surface area contributed by atoms with Gasteiger partial charge in [-0.05, 0) is 31.2 Å². The molecule has 2 N–H and O–H groups in total. The van der Waals surface area contributed by atoms with E-state index < -0.39 is 6.03 Å². The maximum atomic E-state index is 12.3. The number of aromatic nitrogens is 2. The van der Waals surface area contributed by atoms with Gasteiger partial charge in [-0.25, -0.2) is 4.79 Å². The molecule has 7 nitrogen and oxygen atoms in total. The van der Waals surface area contributed by atoms with Crippen LogP contribution in [0.5, 0.6) is 0 Å². The van der Waals surface area contributed by atoms with E-state index in [2.05, 4.69) is 20.8 Å². The molecule has 28 heavy (non-hydrogen) atoms. The number of nitrogens with zero attached hydrogens (tertiary/aromatic N) is 3. The molecule has 0 fully saturated rings. The number of nitrogens with one attached hydrogen (secondary N) is 2. The van der Waals surface area contributed by atoms with Crippen LogP contribution in [-0.4, -0.2) is 34.9 Å². The van der Waals surface area contributed by atoms with Crippen molar-refractivity contribution >= 4 is 51.5 Å². The Morgan fingerprint density at radius 3 is 2.46 bits per heavy atom. The summed E-state index contributed by atoms with van der Waals surface area (Å²) in [7, 11) is 1.74. The van der Waals surface area contributed by atoms with Crippen molar-refractivity contribution in [2.75, 3.05) is 28.3 Å². The fraction of sp³-hybridized carbons (Fsp3) is 0.158. The molecule has 0 saturated carbocycles. The molecule has 0 saturated heterocycles. The van der Waals surface area contributed by atoms with Gasteiger partial charge < -0.3 is 10.2 Å². The molecule has 3 rings (SSSR count). The first-order valence-corrected chi connectivity index (χ1v) is 10.2. The summed E-state index contributed by atoms with van der Waals surface area (Å²) in [5.74, 6) is 0.188. The summed E-state index contributed by atoms with van der Waals surface area (Å²) in [4.78, 5) is 25.9. The SMILES string of the molecule is Cc1ccc(NC(=O)Nc2nnc(SCC(=O)N(C)c3ccccc3)s2)cc1. The zero-order valence-electron chi connectivity index (χ0n) is 15.4. The van der Waals surface area contributed by atoms with Gasteiger partial charge in [-0.15, -0.1) is 10.2 Å². The van der Waals surface area contributed by atoms with Crippen molar-refractivity contribution in [2.45, 2.75) is 11.3 Å². The molecule has 144 valence electrons. The highest BCUT2D eigenvalue weighted by molar-refractivity contribution is 8.01. The van der Waals surface area contributed by atoms with Gasteiger partial charge in [-0.3, -0.25) is 10.1 Å². The van der Waals surface area contributed by atoms with Crippen LogP contribution in [0.3, 0.4) is 0 Å². The number of anilines is 3. The minimum Gasteiger partial charge on any atom is -0.315 e. The standard InChI is InChI=1S/C19H19N5O2S2/c1-13-8-10-14(11-9-13)20-17(26)21-18-22-23-19(28-18)27-12-16(25)24(2)15-6-4-3-5-7-15/h3-11H,12H2,1-2H3,(H2,20,21,22,26). The zero-order chi connectivity index (χ0) is 19.9. The lowest BCUT2D eigenvalue weighted by Crippen LogP contribution is -2.27. The molecule has 0 unspecified atom stereocenters. The molecule has 2 aromatic carbocycles. The highest BCUT2D eigenvalue weighted by Crippen LogP contribution is 2.26. The molecule has 0 spiro atoms. The smallest absolute Gasteiger partial charge is 0.315 e. The van der Waals surface area contributed by atoms with Gasteiger partial charge in [-0.2, -0.15) is 0 Å². The highest BCUT2D eigenvalue weighted by Gasteiger charge is 2.14. The molecule has 0 aliphatic carbocycles. The molecule has 0 radical (unpaired) electrons. The molecule has 9 heteroatoms. The molecular weight excluding hydrogens is 394 g/mol. The van der Waals surface area contributed by atoms with E-state index in [9.17, 15) is 9.59 Å². The number of benzene rings is 2. The van der Waals surface area contributed by atoms with E-state index in [-0.39, 0.29) is 11.7 Å². The van der Waals surface area contributed by atoms with Crippen LogP contribution in [0.1, 0.15) is 5.56 Å². The van der Waals surface area contributed by atoms with Gasteiger partial charge in [0.1, 0.15) is 0 Å². The predicted octanol–water partition coefficient (Wildman–Crippen LogP) is 4.25. The number of hydrogen-bond acceptors (Lipinski definition) is 6. The number of carbonyl (C=O) groups excluding carboxylic acids is 2. The second-order valence-corrected chi connectivity index (χ2v) is 8.10. The molecule has 0 bridgehead atoms. The summed E-state index contributed by atoms with van der Waals surface area (Å²) >= 11 is 2.51. The van der Waals surface area contributed by atoms with Crippen molar-refractivity contribution in [3.05, 3.63) is 60.2 Å². The number of carbonyl (C=O) groups is 2. The number of aryl methyl sites for hydroxylation is 1. The molecule has 1 aromatic heterocycles. The van der Waals surface area contributed by atoms with E-state index in [1.807, 2.05) is 61.5 Å². The van der Waals surface area contributed by atoms with E-state index >= 15 is 0 Å². The van der Waals surface area contributed by atoms with Gasteiger partial charge in [-0.1, -0.05) is 59.0 Å². The first-order chi connectivity index (χ1) is 13.5. The number of amides is 3. The minimum atomic E-state index is -0.392. The van der Waals surface area contributed by atoms with Crippen LogP contribution >= 0.6 is 23.1 Å². The van der Waals surface area contributed by atoms with E-state index in [0.717, 1.165) is 11.3 Å². The van der Waals surface area contributed by atoms with Crippen molar-refractivity contribution in [3.8, 4) is 0 Å². The maximum Gasteiger partial charge on any atom is 0.325 e. The predicted molar refractivity (Wildman–Crippen MR) is 114 cm³/mol. The van der Waals surface area contributed by atoms with Crippen LogP contribution in [0, 0.1) is 6.92 Å². The molecular formula is C19H19N5O2S2. The Hall–Kier alpha value is -2.91. The van der Waals surface area contributed by atoms with Gasteiger partial charge in [0.2, 0.25) is 11.0 Å². The van der Waals surface area contributed by atoms with Gasteiger partial charge >= 0.3 is 6.03 Å². The Balaban J connectivity index is 1.49. The third kappa shape index (κ3) is 5.54. The first kappa shape index (κ1) is 19.8. The van der Waals surface area contributed by atoms with Crippen molar-refractivity contribution in [2.24, 2.45) is 0 Å².